The fourth-order valence-electron chi connectivity index (χ4n) is 1.59. The van der Waals surface area contributed by atoms with Gasteiger partial charge in [-0.1, -0.05) is 43.7 Å². The summed E-state index contributed by atoms with van der Waals surface area (Å²) in [4.78, 5) is 0. The van der Waals surface area contributed by atoms with Gasteiger partial charge in [-0.25, -0.2) is 0 Å². The number of aryl methyl sites for hydroxylation is 1. The van der Waals surface area contributed by atoms with Crippen molar-refractivity contribution in [1.82, 2.24) is 0 Å². The average Bonchev–Trinajstić information content (AvgIpc) is 2.27. The minimum Gasteiger partial charge on any atom is -0.193 e. The van der Waals surface area contributed by atoms with Gasteiger partial charge in [0.1, 0.15) is 0 Å². The second kappa shape index (κ2) is 6.12. The topological polar surface area (TPSA) is 23.8 Å². The predicted octanol–water partition coefficient (Wildman–Crippen LogP) is 4.21. The van der Waals surface area contributed by atoms with E-state index >= 15 is 0 Å². The lowest BCUT2D eigenvalue weighted by atomic mass is 9.99. The molecule has 84 valence electrons. The molecule has 0 spiro atoms. The molecule has 0 heterocycles. The first kappa shape index (κ1) is 12.5. The molecule has 1 aromatic rings. The summed E-state index contributed by atoms with van der Waals surface area (Å²) in [7, 11) is 0. The molecule has 0 bridgehead atoms. The molecule has 0 radical (unpaired) electrons. The Morgan fingerprint density at radius 3 is 2.44 bits per heavy atom. The molecule has 1 rings (SSSR count). The largest absolute Gasteiger partial charge is 0.193 e. The van der Waals surface area contributed by atoms with Gasteiger partial charge in [0, 0.05) is 6.08 Å². The lowest BCUT2D eigenvalue weighted by Crippen LogP contribution is -1.90. The van der Waals surface area contributed by atoms with Crippen LogP contribution in [-0.4, -0.2) is 0 Å². The third-order valence-electron chi connectivity index (χ3n) is 2.77. The molecule has 0 aliphatic rings. The first-order chi connectivity index (χ1) is 7.63. The molecule has 16 heavy (non-hydrogen) atoms. The standard InChI is InChI=1S/C15H19N/c1-12(2)15-8-6-14(7-9-15)5-4-13(3)10-11-16/h6-10,12H,4-5H2,1-3H3/b13-10-. The average molecular weight is 213 g/mol. The Bertz CT molecular complexity index is 390. The van der Waals surface area contributed by atoms with Crippen LogP contribution in [0.3, 0.4) is 0 Å². The maximum Gasteiger partial charge on any atom is 0.0911 e. The summed E-state index contributed by atoms with van der Waals surface area (Å²) >= 11 is 0. The lowest BCUT2D eigenvalue weighted by Gasteiger charge is -2.06. The van der Waals surface area contributed by atoms with Gasteiger partial charge in [0.25, 0.3) is 0 Å². The van der Waals surface area contributed by atoms with Crippen LogP contribution in [-0.2, 0) is 6.42 Å². The van der Waals surface area contributed by atoms with Crippen LogP contribution in [0, 0.1) is 11.3 Å². The Balaban J connectivity index is 2.57. The van der Waals surface area contributed by atoms with Gasteiger partial charge >= 0.3 is 0 Å². The van der Waals surface area contributed by atoms with Crippen molar-refractivity contribution in [1.29, 1.82) is 5.26 Å². The van der Waals surface area contributed by atoms with E-state index in [4.69, 9.17) is 5.26 Å². The van der Waals surface area contributed by atoms with E-state index in [1.807, 2.05) is 6.92 Å². The minimum absolute atomic E-state index is 0.592. The zero-order chi connectivity index (χ0) is 12.0. The zero-order valence-electron chi connectivity index (χ0n) is 10.3. The van der Waals surface area contributed by atoms with Crippen molar-refractivity contribution in [2.24, 2.45) is 0 Å². The van der Waals surface area contributed by atoms with Crippen LogP contribution in [0.2, 0.25) is 0 Å². The maximum absolute atomic E-state index is 8.50. The van der Waals surface area contributed by atoms with Crippen LogP contribution in [0.15, 0.2) is 35.9 Å². The summed E-state index contributed by atoms with van der Waals surface area (Å²) in [5, 5.41) is 8.50. The molecule has 0 fully saturated rings. The van der Waals surface area contributed by atoms with Crippen molar-refractivity contribution < 1.29 is 0 Å². The van der Waals surface area contributed by atoms with E-state index in [2.05, 4.69) is 44.2 Å². The number of hydrogen-bond donors (Lipinski definition) is 0. The van der Waals surface area contributed by atoms with Crippen molar-refractivity contribution >= 4 is 0 Å². The van der Waals surface area contributed by atoms with E-state index in [9.17, 15) is 0 Å². The molecule has 0 atom stereocenters. The highest BCUT2D eigenvalue weighted by Crippen LogP contribution is 2.16. The number of hydrogen-bond acceptors (Lipinski definition) is 1. The number of rotatable bonds is 4. The van der Waals surface area contributed by atoms with Gasteiger partial charge in [0.2, 0.25) is 0 Å². The zero-order valence-corrected chi connectivity index (χ0v) is 10.3. The first-order valence-corrected chi connectivity index (χ1v) is 5.77. The molecular weight excluding hydrogens is 194 g/mol. The molecular formula is C15H19N. The van der Waals surface area contributed by atoms with Crippen LogP contribution in [0.25, 0.3) is 0 Å². The highest BCUT2D eigenvalue weighted by Gasteiger charge is 1.99. The molecule has 0 aliphatic heterocycles. The van der Waals surface area contributed by atoms with Gasteiger partial charge in [-0.3, -0.25) is 0 Å². The molecule has 0 amide bonds. The van der Waals surface area contributed by atoms with E-state index in [-0.39, 0.29) is 0 Å². The molecule has 0 aliphatic carbocycles. The third-order valence-corrected chi connectivity index (χ3v) is 2.77. The molecule has 0 N–H and O–H groups in total. The van der Waals surface area contributed by atoms with Crippen molar-refractivity contribution in [2.45, 2.75) is 39.5 Å². The SMILES string of the molecule is C/C(=C/C#N)CCc1ccc(C(C)C)cc1. The fraction of sp³-hybridized carbons (Fsp3) is 0.400. The Morgan fingerprint density at radius 1 is 1.31 bits per heavy atom. The molecule has 1 aromatic carbocycles. The summed E-state index contributed by atoms with van der Waals surface area (Å²) in [6.07, 6.45) is 3.61. The number of allylic oxidation sites excluding steroid dienone is 2. The first-order valence-electron chi connectivity index (χ1n) is 5.77. The predicted molar refractivity (Wildman–Crippen MR) is 68.2 cm³/mol. The second-order valence-electron chi connectivity index (χ2n) is 4.52. The number of nitriles is 1. The van der Waals surface area contributed by atoms with Crippen LogP contribution < -0.4 is 0 Å². The number of nitrogens with zero attached hydrogens (tertiary/aromatic N) is 1. The van der Waals surface area contributed by atoms with E-state index in [0.29, 0.717) is 5.92 Å². The van der Waals surface area contributed by atoms with E-state index in [1.165, 1.54) is 11.1 Å². The summed E-state index contributed by atoms with van der Waals surface area (Å²) < 4.78 is 0. The summed E-state index contributed by atoms with van der Waals surface area (Å²) in [6.45, 7) is 6.41. The highest BCUT2D eigenvalue weighted by atomic mass is 14.2. The molecule has 1 heteroatoms. The summed E-state index contributed by atoms with van der Waals surface area (Å²) in [5.74, 6) is 0.592. The second-order valence-corrected chi connectivity index (χ2v) is 4.52. The van der Waals surface area contributed by atoms with Gasteiger partial charge in [-0.05, 0) is 36.8 Å². The van der Waals surface area contributed by atoms with Crippen molar-refractivity contribution in [3.63, 3.8) is 0 Å². The van der Waals surface area contributed by atoms with Crippen LogP contribution in [0.5, 0.6) is 0 Å². The van der Waals surface area contributed by atoms with Crippen LogP contribution >= 0.6 is 0 Å². The summed E-state index contributed by atoms with van der Waals surface area (Å²) in [5.41, 5.74) is 3.87. The quantitative estimate of drug-likeness (QED) is 0.687. The Kier molecular flexibility index (Phi) is 4.79. The molecule has 0 saturated carbocycles. The van der Waals surface area contributed by atoms with Gasteiger partial charge in [-0.15, -0.1) is 0 Å². The van der Waals surface area contributed by atoms with Crippen LogP contribution in [0.1, 0.15) is 44.2 Å². The Morgan fingerprint density at radius 2 is 1.94 bits per heavy atom. The smallest absolute Gasteiger partial charge is 0.0911 e. The molecule has 0 unspecified atom stereocenters. The molecule has 0 aromatic heterocycles. The Labute approximate surface area is 98.4 Å². The maximum atomic E-state index is 8.50. The fourth-order valence-corrected chi connectivity index (χ4v) is 1.59. The van der Waals surface area contributed by atoms with E-state index in [1.54, 1.807) is 6.08 Å². The lowest BCUT2D eigenvalue weighted by molar-refractivity contribution is 0.862. The summed E-state index contributed by atoms with van der Waals surface area (Å²) in [6, 6.07) is 10.8. The third kappa shape index (κ3) is 3.90. The minimum atomic E-state index is 0.592. The van der Waals surface area contributed by atoms with Crippen LogP contribution in [0.4, 0.5) is 0 Å². The monoisotopic (exact) mass is 213 g/mol. The van der Waals surface area contributed by atoms with Crippen molar-refractivity contribution in [3.05, 3.63) is 47.0 Å². The van der Waals surface area contributed by atoms with Gasteiger partial charge in [0.05, 0.1) is 6.07 Å². The van der Waals surface area contributed by atoms with Gasteiger partial charge in [-0.2, -0.15) is 5.26 Å². The highest BCUT2D eigenvalue weighted by molar-refractivity contribution is 5.25. The van der Waals surface area contributed by atoms with E-state index < -0.39 is 0 Å². The van der Waals surface area contributed by atoms with Gasteiger partial charge in [0.15, 0.2) is 0 Å². The van der Waals surface area contributed by atoms with Gasteiger partial charge < -0.3 is 0 Å². The Hall–Kier alpha value is -1.55. The molecule has 0 saturated heterocycles. The molecule has 1 nitrogen and oxygen atoms in total. The van der Waals surface area contributed by atoms with Crippen molar-refractivity contribution in [2.75, 3.05) is 0 Å². The van der Waals surface area contributed by atoms with E-state index in [0.717, 1.165) is 18.4 Å². The normalized spacial score (nSPS) is 11.6. The number of benzene rings is 1. The van der Waals surface area contributed by atoms with Crippen molar-refractivity contribution in [3.8, 4) is 6.07 Å².